The van der Waals surface area contributed by atoms with Crippen molar-refractivity contribution < 1.29 is 22.4 Å². The van der Waals surface area contributed by atoms with E-state index in [2.05, 4.69) is 5.32 Å². The predicted octanol–water partition coefficient (Wildman–Crippen LogP) is 6.15. The molecule has 2 amide bonds. The number of benzene rings is 4. The molecule has 0 spiro atoms. The van der Waals surface area contributed by atoms with Crippen LogP contribution >= 0.6 is 11.6 Å². The Morgan fingerprint density at radius 3 is 2.14 bits per heavy atom. The summed E-state index contributed by atoms with van der Waals surface area (Å²) >= 11 is 6.19. The Labute approximate surface area is 263 Å². The minimum atomic E-state index is -4.22. The van der Waals surface area contributed by atoms with Gasteiger partial charge in [0.1, 0.15) is 18.4 Å². The van der Waals surface area contributed by atoms with Crippen LogP contribution in [0.4, 0.5) is 10.1 Å². The van der Waals surface area contributed by atoms with E-state index in [0.717, 1.165) is 9.87 Å². The Bertz CT molecular complexity index is 1670. The van der Waals surface area contributed by atoms with Crippen molar-refractivity contribution in [1.29, 1.82) is 0 Å². The SMILES string of the molecule is CCCNC(=O)C(Cc1ccccc1)N(Cc1ccc(F)cc1)C(=O)CN(c1ccc(Cl)cc1C)S(=O)(=O)c1ccccc1. The molecule has 0 heterocycles. The molecule has 4 aromatic carbocycles. The fraction of sp³-hybridized carbons (Fsp3) is 0.235. The van der Waals surface area contributed by atoms with Crippen LogP contribution in [0.1, 0.15) is 30.0 Å². The Balaban J connectivity index is 1.81. The number of nitrogens with zero attached hydrogens (tertiary/aromatic N) is 2. The van der Waals surface area contributed by atoms with Crippen molar-refractivity contribution in [3.8, 4) is 0 Å². The molecule has 4 rings (SSSR count). The van der Waals surface area contributed by atoms with E-state index in [1.165, 1.54) is 29.2 Å². The van der Waals surface area contributed by atoms with Gasteiger partial charge in [0, 0.05) is 24.5 Å². The van der Waals surface area contributed by atoms with Crippen LogP contribution in [0.5, 0.6) is 0 Å². The number of amides is 2. The quantitative estimate of drug-likeness (QED) is 0.191. The van der Waals surface area contributed by atoms with Crippen molar-refractivity contribution in [2.75, 3.05) is 17.4 Å². The summed E-state index contributed by atoms with van der Waals surface area (Å²) in [7, 11) is -4.22. The lowest BCUT2D eigenvalue weighted by Crippen LogP contribution is -2.53. The summed E-state index contributed by atoms with van der Waals surface area (Å²) in [4.78, 5) is 29.4. The van der Waals surface area contributed by atoms with Crippen molar-refractivity contribution in [3.63, 3.8) is 0 Å². The van der Waals surface area contributed by atoms with Crippen LogP contribution < -0.4 is 9.62 Å². The minimum Gasteiger partial charge on any atom is -0.354 e. The first-order valence-electron chi connectivity index (χ1n) is 14.3. The lowest BCUT2D eigenvalue weighted by molar-refractivity contribution is -0.140. The highest BCUT2D eigenvalue weighted by Gasteiger charge is 2.35. The largest absolute Gasteiger partial charge is 0.354 e. The molecular formula is C34H35ClFN3O4S. The second-order valence-electron chi connectivity index (χ2n) is 10.4. The maximum Gasteiger partial charge on any atom is 0.264 e. The molecule has 10 heteroatoms. The maximum absolute atomic E-state index is 14.4. The Morgan fingerprint density at radius 1 is 0.886 bits per heavy atom. The molecule has 1 unspecified atom stereocenters. The van der Waals surface area contributed by atoms with E-state index in [1.807, 2.05) is 37.3 Å². The van der Waals surface area contributed by atoms with Crippen molar-refractivity contribution >= 4 is 39.1 Å². The molecule has 0 saturated heterocycles. The average Bonchev–Trinajstić information content (AvgIpc) is 3.02. The number of carbonyl (C=O) groups is 2. The van der Waals surface area contributed by atoms with Crippen LogP contribution in [-0.4, -0.2) is 44.3 Å². The highest BCUT2D eigenvalue weighted by molar-refractivity contribution is 7.92. The second-order valence-corrected chi connectivity index (χ2v) is 12.7. The number of hydrogen-bond acceptors (Lipinski definition) is 4. The topological polar surface area (TPSA) is 86.8 Å². The van der Waals surface area contributed by atoms with Crippen molar-refractivity contribution in [3.05, 3.63) is 131 Å². The van der Waals surface area contributed by atoms with Gasteiger partial charge in [-0.15, -0.1) is 0 Å². The lowest BCUT2D eigenvalue weighted by Gasteiger charge is -2.34. The summed E-state index contributed by atoms with van der Waals surface area (Å²) in [6, 6.07) is 26.6. The Kier molecular flexibility index (Phi) is 11.1. The first-order valence-corrected chi connectivity index (χ1v) is 16.1. The number of carbonyl (C=O) groups excluding carboxylic acids is 2. The van der Waals surface area contributed by atoms with E-state index in [1.54, 1.807) is 55.5 Å². The average molecular weight is 636 g/mol. The van der Waals surface area contributed by atoms with Crippen molar-refractivity contribution in [2.24, 2.45) is 0 Å². The molecule has 0 aliphatic rings. The summed E-state index contributed by atoms with van der Waals surface area (Å²) < 4.78 is 43.0. The first-order chi connectivity index (χ1) is 21.1. The summed E-state index contributed by atoms with van der Waals surface area (Å²) in [5, 5.41) is 3.32. The van der Waals surface area contributed by atoms with E-state index >= 15 is 0 Å². The lowest BCUT2D eigenvalue weighted by atomic mass is 10.0. The van der Waals surface area contributed by atoms with E-state index in [4.69, 9.17) is 11.6 Å². The summed E-state index contributed by atoms with van der Waals surface area (Å²) in [6.07, 6.45) is 0.878. The van der Waals surface area contributed by atoms with Crippen LogP contribution in [0.15, 0.2) is 108 Å². The van der Waals surface area contributed by atoms with Crippen LogP contribution in [-0.2, 0) is 32.6 Å². The number of anilines is 1. The number of hydrogen-bond donors (Lipinski definition) is 1. The van der Waals surface area contributed by atoms with Crippen molar-refractivity contribution in [1.82, 2.24) is 10.2 Å². The molecule has 0 bridgehead atoms. The van der Waals surface area contributed by atoms with Crippen LogP contribution in [0.3, 0.4) is 0 Å². The molecule has 0 radical (unpaired) electrons. The number of halogens is 2. The molecule has 1 N–H and O–H groups in total. The first kappa shape index (κ1) is 32.7. The fourth-order valence-electron chi connectivity index (χ4n) is 4.84. The number of sulfonamides is 1. The number of aryl methyl sites for hydroxylation is 1. The van der Waals surface area contributed by atoms with E-state index in [-0.39, 0.29) is 29.5 Å². The van der Waals surface area contributed by atoms with E-state index in [0.29, 0.717) is 29.1 Å². The third-order valence-electron chi connectivity index (χ3n) is 7.12. The minimum absolute atomic E-state index is 0.00811. The van der Waals surface area contributed by atoms with Gasteiger partial charge < -0.3 is 10.2 Å². The molecule has 44 heavy (non-hydrogen) atoms. The zero-order chi connectivity index (χ0) is 31.7. The smallest absolute Gasteiger partial charge is 0.264 e. The van der Waals surface area contributed by atoms with E-state index in [9.17, 15) is 22.4 Å². The highest BCUT2D eigenvalue weighted by Crippen LogP contribution is 2.29. The highest BCUT2D eigenvalue weighted by atomic mass is 35.5. The molecule has 0 saturated carbocycles. The molecule has 230 valence electrons. The molecule has 0 aromatic heterocycles. The summed E-state index contributed by atoms with van der Waals surface area (Å²) in [5.74, 6) is -1.41. The number of nitrogens with one attached hydrogen (secondary N) is 1. The van der Waals surface area contributed by atoms with Crippen LogP contribution in [0.2, 0.25) is 5.02 Å². The summed E-state index contributed by atoms with van der Waals surface area (Å²) in [5.41, 5.74) is 2.24. The van der Waals surface area contributed by atoms with Crippen molar-refractivity contribution in [2.45, 2.75) is 44.2 Å². The van der Waals surface area contributed by atoms with Crippen LogP contribution in [0, 0.1) is 12.7 Å². The van der Waals surface area contributed by atoms with Gasteiger partial charge in [-0.05, 0) is 72.5 Å². The molecule has 0 aliphatic heterocycles. The molecule has 0 fully saturated rings. The normalized spacial score (nSPS) is 11.9. The fourth-order valence-corrected chi connectivity index (χ4v) is 6.56. The second kappa shape index (κ2) is 15.0. The van der Waals surface area contributed by atoms with Gasteiger partial charge in [-0.1, -0.05) is 79.2 Å². The van der Waals surface area contributed by atoms with Gasteiger partial charge >= 0.3 is 0 Å². The van der Waals surface area contributed by atoms with Gasteiger partial charge in [0.05, 0.1) is 10.6 Å². The monoisotopic (exact) mass is 635 g/mol. The molecular weight excluding hydrogens is 601 g/mol. The van der Waals surface area contributed by atoms with E-state index < -0.39 is 34.3 Å². The zero-order valence-corrected chi connectivity index (χ0v) is 26.2. The van der Waals surface area contributed by atoms with Gasteiger partial charge in [0.15, 0.2) is 0 Å². The number of rotatable bonds is 13. The Hall–Kier alpha value is -4.21. The van der Waals surface area contributed by atoms with Crippen LogP contribution in [0.25, 0.3) is 0 Å². The molecule has 1 atom stereocenters. The summed E-state index contributed by atoms with van der Waals surface area (Å²) in [6.45, 7) is 3.41. The van der Waals surface area contributed by atoms with Gasteiger partial charge in [0.2, 0.25) is 11.8 Å². The van der Waals surface area contributed by atoms with Gasteiger partial charge in [-0.3, -0.25) is 13.9 Å². The molecule has 4 aromatic rings. The standard InChI is InChI=1S/C34H35ClFN3O4S/c1-3-20-37-34(41)32(22-26-10-6-4-7-11-26)38(23-27-14-17-29(36)18-15-27)33(40)24-39(31-19-16-28(35)21-25(31)2)44(42,43)30-12-8-5-9-13-30/h4-19,21,32H,3,20,22-24H2,1-2H3,(H,37,41). The Morgan fingerprint density at radius 2 is 1.52 bits per heavy atom. The maximum atomic E-state index is 14.4. The van der Waals surface area contributed by atoms with Gasteiger partial charge in [-0.2, -0.15) is 0 Å². The van der Waals surface area contributed by atoms with Gasteiger partial charge in [-0.25, -0.2) is 12.8 Å². The predicted molar refractivity (Wildman–Crippen MR) is 171 cm³/mol. The third-order valence-corrected chi connectivity index (χ3v) is 9.13. The zero-order valence-electron chi connectivity index (χ0n) is 24.6. The molecule has 0 aliphatic carbocycles. The third kappa shape index (κ3) is 8.24. The van der Waals surface area contributed by atoms with Gasteiger partial charge in [0.25, 0.3) is 10.0 Å². The molecule has 7 nitrogen and oxygen atoms in total.